The van der Waals surface area contributed by atoms with E-state index in [1.807, 2.05) is 56.3 Å². The summed E-state index contributed by atoms with van der Waals surface area (Å²) in [5.41, 5.74) is 8.62. The quantitative estimate of drug-likeness (QED) is 0.842. The maximum atomic E-state index is 5.90. The third-order valence-electron chi connectivity index (χ3n) is 2.61. The van der Waals surface area contributed by atoms with E-state index in [0.717, 1.165) is 11.3 Å². The lowest BCUT2D eigenvalue weighted by molar-refractivity contribution is 0.465. The van der Waals surface area contributed by atoms with Crippen LogP contribution in [0.25, 0.3) is 0 Å². The number of aryl methyl sites for hydroxylation is 1. The number of hydrogen-bond acceptors (Lipinski definition) is 4. The predicted octanol–water partition coefficient (Wildman–Crippen LogP) is 2.83. The molecule has 0 aliphatic rings. The average Bonchev–Trinajstić information content (AvgIpc) is 2.34. The van der Waals surface area contributed by atoms with E-state index in [1.165, 1.54) is 0 Å². The zero-order valence-corrected chi connectivity index (χ0v) is 10.8. The van der Waals surface area contributed by atoms with E-state index in [1.54, 1.807) is 6.20 Å². The molecule has 4 nitrogen and oxygen atoms in total. The first kappa shape index (κ1) is 12.2. The van der Waals surface area contributed by atoms with Crippen LogP contribution in [-0.2, 0) is 0 Å². The zero-order valence-electron chi connectivity index (χ0n) is 10.8. The Bertz CT molecular complexity index is 535. The topological polar surface area (TPSA) is 51.4 Å². The molecule has 1 heterocycles. The Morgan fingerprint density at radius 3 is 2.56 bits per heavy atom. The van der Waals surface area contributed by atoms with Crippen molar-refractivity contribution in [2.45, 2.75) is 6.92 Å². The second-order valence-corrected chi connectivity index (χ2v) is 4.39. The molecule has 0 fully saturated rings. The summed E-state index contributed by atoms with van der Waals surface area (Å²) in [7, 11) is 3.94. The highest BCUT2D eigenvalue weighted by Crippen LogP contribution is 2.30. The van der Waals surface area contributed by atoms with Crippen LogP contribution in [0.15, 0.2) is 36.5 Å². The van der Waals surface area contributed by atoms with Crippen molar-refractivity contribution < 1.29 is 4.74 Å². The van der Waals surface area contributed by atoms with Gasteiger partial charge in [-0.3, -0.25) is 0 Å². The summed E-state index contributed by atoms with van der Waals surface area (Å²) in [6, 6.07) is 9.46. The Morgan fingerprint density at radius 1 is 1.17 bits per heavy atom. The SMILES string of the molecule is Cc1ccc(Oc2cc(N(C)C)ccc2N)nc1. The summed E-state index contributed by atoms with van der Waals surface area (Å²) in [6.07, 6.45) is 1.77. The van der Waals surface area contributed by atoms with Gasteiger partial charge in [0.25, 0.3) is 0 Å². The minimum absolute atomic E-state index is 0.545. The van der Waals surface area contributed by atoms with Gasteiger partial charge >= 0.3 is 0 Å². The van der Waals surface area contributed by atoms with Crippen LogP contribution in [0.5, 0.6) is 11.6 Å². The summed E-state index contributed by atoms with van der Waals surface area (Å²) in [4.78, 5) is 6.19. The van der Waals surface area contributed by atoms with Gasteiger partial charge in [-0.05, 0) is 24.6 Å². The number of pyridine rings is 1. The van der Waals surface area contributed by atoms with Gasteiger partial charge in [-0.25, -0.2) is 4.98 Å². The molecule has 18 heavy (non-hydrogen) atoms. The van der Waals surface area contributed by atoms with Gasteiger partial charge in [-0.1, -0.05) is 6.07 Å². The van der Waals surface area contributed by atoms with Gasteiger partial charge in [0, 0.05) is 38.1 Å². The smallest absolute Gasteiger partial charge is 0.219 e. The van der Waals surface area contributed by atoms with E-state index in [-0.39, 0.29) is 0 Å². The highest BCUT2D eigenvalue weighted by molar-refractivity contribution is 5.62. The number of rotatable bonds is 3. The van der Waals surface area contributed by atoms with Crippen molar-refractivity contribution >= 4 is 11.4 Å². The number of nitrogen functional groups attached to an aromatic ring is 1. The van der Waals surface area contributed by atoms with Gasteiger partial charge in [0.15, 0.2) is 5.75 Å². The second kappa shape index (κ2) is 4.96. The molecule has 0 aliphatic carbocycles. The Kier molecular flexibility index (Phi) is 3.37. The van der Waals surface area contributed by atoms with Crippen molar-refractivity contribution in [2.24, 2.45) is 0 Å². The molecule has 0 aliphatic heterocycles. The monoisotopic (exact) mass is 243 g/mol. The Balaban J connectivity index is 2.27. The zero-order chi connectivity index (χ0) is 13.1. The highest BCUT2D eigenvalue weighted by Gasteiger charge is 2.05. The van der Waals surface area contributed by atoms with Crippen LogP contribution >= 0.6 is 0 Å². The Labute approximate surface area is 107 Å². The lowest BCUT2D eigenvalue weighted by atomic mass is 10.2. The van der Waals surface area contributed by atoms with Gasteiger partial charge in [0.1, 0.15) is 0 Å². The molecular weight excluding hydrogens is 226 g/mol. The van der Waals surface area contributed by atoms with Crippen LogP contribution in [-0.4, -0.2) is 19.1 Å². The number of nitrogens with zero attached hydrogens (tertiary/aromatic N) is 2. The first-order chi connectivity index (χ1) is 8.56. The molecular formula is C14H17N3O. The molecule has 0 bridgehead atoms. The number of anilines is 2. The lowest BCUT2D eigenvalue weighted by Crippen LogP contribution is -2.08. The number of benzene rings is 1. The fourth-order valence-electron chi connectivity index (χ4n) is 1.52. The van der Waals surface area contributed by atoms with E-state index < -0.39 is 0 Å². The highest BCUT2D eigenvalue weighted by atomic mass is 16.5. The molecule has 1 aromatic heterocycles. The van der Waals surface area contributed by atoms with Crippen molar-refractivity contribution in [3.8, 4) is 11.6 Å². The molecule has 2 N–H and O–H groups in total. The molecule has 0 unspecified atom stereocenters. The fraction of sp³-hybridized carbons (Fsp3) is 0.214. The standard InChI is InChI=1S/C14H17N3O/c1-10-4-7-14(16-9-10)18-13-8-11(17(2)3)5-6-12(13)15/h4-9H,15H2,1-3H3. The summed E-state index contributed by atoms with van der Waals surface area (Å²) in [6.45, 7) is 1.98. The van der Waals surface area contributed by atoms with Crippen molar-refractivity contribution in [3.63, 3.8) is 0 Å². The van der Waals surface area contributed by atoms with Crippen LogP contribution in [0, 0.1) is 6.92 Å². The summed E-state index contributed by atoms with van der Waals surface area (Å²) in [5.74, 6) is 1.17. The van der Waals surface area contributed by atoms with Gasteiger partial charge in [0.05, 0.1) is 5.69 Å². The first-order valence-electron chi connectivity index (χ1n) is 5.73. The molecule has 0 amide bonds. The Morgan fingerprint density at radius 2 is 1.94 bits per heavy atom. The molecule has 94 valence electrons. The molecule has 0 atom stereocenters. The molecule has 0 saturated heterocycles. The van der Waals surface area contributed by atoms with E-state index in [4.69, 9.17) is 10.5 Å². The van der Waals surface area contributed by atoms with Gasteiger partial charge in [-0.15, -0.1) is 0 Å². The molecule has 2 aromatic rings. The molecule has 0 radical (unpaired) electrons. The van der Waals surface area contributed by atoms with Crippen LogP contribution in [0.1, 0.15) is 5.56 Å². The van der Waals surface area contributed by atoms with E-state index in [0.29, 0.717) is 17.3 Å². The molecule has 2 rings (SSSR count). The minimum atomic E-state index is 0.545. The van der Waals surface area contributed by atoms with Crippen molar-refractivity contribution in [1.29, 1.82) is 0 Å². The number of aromatic nitrogens is 1. The van der Waals surface area contributed by atoms with Crippen molar-refractivity contribution in [1.82, 2.24) is 4.98 Å². The second-order valence-electron chi connectivity index (χ2n) is 4.39. The van der Waals surface area contributed by atoms with E-state index in [2.05, 4.69) is 4.98 Å². The van der Waals surface area contributed by atoms with Crippen LogP contribution < -0.4 is 15.4 Å². The Hall–Kier alpha value is -2.23. The van der Waals surface area contributed by atoms with E-state index in [9.17, 15) is 0 Å². The van der Waals surface area contributed by atoms with Gasteiger partial charge in [-0.2, -0.15) is 0 Å². The first-order valence-corrected chi connectivity index (χ1v) is 5.73. The predicted molar refractivity (Wildman–Crippen MR) is 74.2 cm³/mol. The summed E-state index contributed by atoms with van der Waals surface area (Å²) in [5, 5.41) is 0. The summed E-state index contributed by atoms with van der Waals surface area (Å²) >= 11 is 0. The van der Waals surface area contributed by atoms with Crippen molar-refractivity contribution in [2.75, 3.05) is 24.7 Å². The minimum Gasteiger partial charge on any atom is -0.437 e. The number of nitrogens with two attached hydrogens (primary N) is 1. The third-order valence-corrected chi connectivity index (χ3v) is 2.61. The molecule has 0 saturated carbocycles. The molecule has 1 aromatic carbocycles. The lowest BCUT2D eigenvalue weighted by Gasteiger charge is -2.15. The largest absolute Gasteiger partial charge is 0.437 e. The van der Waals surface area contributed by atoms with Crippen LogP contribution in [0.2, 0.25) is 0 Å². The normalized spacial score (nSPS) is 10.2. The maximum absolute atomic E-state index is 5.90. The average molecular weight is 243 g/mol. The van der Waals surface area contributed by atoms with Crippen LogP contribution in [0.4, 0.5) is 11.4 Å². The van der Waals surface area contributed by atoms with E-state index >= 15 is 0 Å². The maximum Gasteiger partial charge on any atom is 0.219 e. The number of hydrogen-bond donors (Lipinski definition) is 1. The number of ether oxygens (including phenoxy) is 1. The fourth-order valence-corrected chi connectivity index (χ4v) is 1.52. The third kappa shape index (κ3) is 2.71. The molecule has 0 spiro atoms. The van der Waals surface area contributed by atoms with Gasteiger partial charge in [0.2, 0.25) is 5.88 Å². The molecule has 4 heteroatoms. The van der Waals surface area contributed by atoms with Crippen LogP contribution in [0.3, 0.4) is 0 Å². The van der Waals surface area contributed by atoms with Gasteiger partial charge < -0.3 is 15.4 Å². The summed E-state index contributed by atoms with van der Waals surface area (Å²) < 4.78 is 5.69. The van der Waals surface area contributed by atoms with Crippen molar-refractivity contribution in [3.05, 3.63) is 42.1 Å².